The molecule has 112 valence electrons. The molecule has 3 rings (SSSR count). The number of amides is 1. The number of hydrogen-bond acceptors (Lipinski definition) is 1. The minimum atomic E-state index is -4.49. The molecule has 0 spiro atoms. The average Bonchev–Trinajstić information content (AvgIpc) is 2.62. The highest BCUT2D eigenvalue weighted by atomic mass is 19.4. The number of aromatic nitrogens is 1. The van der Waals surface area contributed by atoms with Crippen LogP contribution in [0.2, 0.25) is 0 Å². The summed E-state index contributed by atoms with van der Waals surface area (Å²) >= 11 is 0. The standard InChI is InChI=1S/C15H15F3N2O/c1-9(21)20-8-4-6-11-10-5-2-3-7-12(10)19-13(11)14(20)15(16,17)18/h2-3,5,7,14,19H,4,6,8H2,1H3. The zero-order valence-electron chi connectivity index (χ0n) is 11.5. The summed E-state index contributed by atoms with van der Waals surface area (Å²) in [6.07, 6.45) is -3.43. The van der Waals surface area contributed by atoms with Gasteiger partial charge in [-0.05, 0) is 24.5 Å². The Morgan fingerprint density at radius 1 is 1.33 bits per heavy atom. The van der Waals surface area contributed by atoms with Gasteiger partial charge in [0.2, 0.25) is 5.91 Å². The van der Waals surface area contributed by atoms with Crippen LogP contribution in [-0.2, 0) is 11.2 Å². The molecule has 2 aromatic rings. The lowest BCUT2D eigenvalue weighted by molar-refractivity contribution is -0.191. The molecule has 1 N–H and O–H groups in total. The molecule has 1 aromatic heterocycles. The Kier molecular flexibility index (Phi) is 3.19. The normalized spacial score (nSPS) is 19.4. The zero-order valence-corrected chi connectivity index (χ0v) is 11.5. The maximum atomic E-state index is 13.5. The molecule has 1 aliphatic heterocycles. The van der Waals surface area contributed by atoms with Gasteiger partial charge in [-0.1, -0.05) is 18.2 Å². The second kappa shape index (κ2) is 4.79. The van der Waals surface area contributed by atoms with Crippen LogP contribution in [0.3, 0.4) is 0 Å². The Labute approximate surface area is 119 Å². The lowest BCUT2D eigenvalue weighted by Crippen LogP contribution is -2.41. The summed E-state index contributed by atoms with van der Waals surface area (Å²) in [4.78, 5) is 15.4. The van der Waals surface area contributed by atoms with E-state index in [9.17, 15) is 18.0 Å². The Morgan fingerprint density at radius 2 is 2.05 bits per heavy atom. The Hall–Kier alpha value is -1.98. The van der Waals surface area contributed by atoms with E-state index in [0.29, 0.717) is 23.9 Å². The monoisotopic (exact) mass is 296 g/mol. The third kappa shape index (κ3) is 2.28. The van der Waals surface area contributed by atoms with Gasteiger partial charge < -0.3 is 9.88 Å². The summed E-state index contributed by atoms with van der Waals surface area (Å²) in [5.41, 5.74) is 1.47. The minimum absolute atomic E-state index is 0.108. The van der Waals surface area contributed by atoms with Crippen LogP contribution >= 0.6 is 0 Å². The number of carbonyl (C=O) groups is 1. The third-order valence-electron chi connectivity index (χ3n) is 3.97. The maximum Gasteiger partial charge on any atom is 0.414 e. The van der Waals surface area contributed by atoms with Crippen LogP contribution in [0.4, 0.5) is 13.2 Å². The van der Waals surface area contributed by atoms with Crippen molar-refractivity contribution < 1.29 is 18.0 Å². The molecule has 3 nitrogen and oxygen atoms in total. The molecule has 0 radical (unpaired) electrons. The summed E-state index contributed by atoms with van der Waals surface area (Å²) in [6.45, 7) is 1.31. The van der Waals surface area contributed by atoms with Crippen molar-refractivity contribution in [2.24, 2.45) is 0 Å². The summed E-state index contributed by atoms with van der Waals surface area (Å²) in [5.74, 6) is -0.552. The van der Waals surface area contributed by atoms with Crippen molar-refractivity contribution in [3.63, 3.8) is 0 Å². The molecule has 0 saturated carbocycles. The largest absolute Gasteiger partial charge is 0.414 e. The van der Waals surface area contributed by atoms with Gasteiger partial charge in [-0.15, -0.1) is 0 Å². The van der Waals surface area contributed by atoms with Gasteiger partial charge in [0.15, 0.2) is 6.04 Å². The highest BCUT2D eigenvalue weighted by molar-refractivity contribution is 5.85. The average molecular weight is 296 g/mol. The first-order chi connectivity index (χ1) is 9.89. The first-order valence-corrected chi connectivity index (χ1v) is 6.83. The second-order valence-corrected chi connectivity index (χ2v) is 5.32. The van der Waals surface area contributed by atoms with Crippen molar-refractivity contribution in [2.45, 2.75) is 32.0 Å². The number of carbonyl (C=O) groups excluding carboxylic acids is 1. The first kappa shape index (κ1) is 14.0. The van der Waals surface area contributed by atoms with Crippen LogP contribution < -0.4 is 0 Å². The van der Waals surface area contributed by atoms with E-state index in [-0.39, 0.29) is 12.2 Å². The molecule has 1 unspecified atom stereocenters. The number of halogens is 3. The van der Waals surface area contributed by atoms with Gasteiger partial charge in [0.1, 0.15) is 0 Å². The summed E-state index contributed by atoms with van der Waals surface area (Å²) in [5, 5.41) is 0.812. The van der Waals surface area contributed by atoms with Gasteiger partial charge in [-0.2, -0.15) is 13.2 Å². The molecule has 0 aliphatic carbocycles. The van der Waals surface area contributed by atoms with Gasteiger partial charge in [0.25, 0.3) is 0 Å². The topological polar surface area (TPSA) is 36.1 Å². The van der Waals surface area contributed by atoms with Gasteiger partial charge in [-0.25, -0.2) is 0 Å². The number of para-hydroxylation sites is 1. The maximum absolute atomic E-state index is 13.5. The molecule has 0 fully saturated rings. The van der Waals surface area contributed by atoms with Crippen molar-refractivity contribution >= 4 is 16.8 Å². The van der Waals surface area contributed by atoms with E-state index in [2.05, 4.69) is 4.98 Å². The molecular weight excluding hydrogens is 281 g/mol. The fraction of sp³-hybridized carbons (Fsp3) is 0.400. The van der Waals surface area contributed by atoms with E-state index in [0.717, 1.165) is 10.3 Å². The van der Waals surface area contributed by atoms with E-state index >= 15 is 0 Å². The summed E-state index contributed by atoms with van der Waals surface area (Å²) in [6, 6.07) is 5.28. The number of fused-ring (bicyclic) bond motifs is 3. The Morgan fingerprint density at radius 3 is 2.71 bits per heavy atom. The fourth-order valence-electron chi connectivity index (χ4n) is 3.11. The molecule has 0 bridgehead atoms. The van der Waals surface area contributed by atoms with Crippen molar-refractivity contribution in [3.8, 4) is 0 Å². The van der Waals surface area contributed by atoms with Crippen LogP contribution in [-0.4, -0.2) is 28.5 Å². The summed E-state index contributed by atoms with van der Waals surface area (Å²) in [7, 11) is 0. The molecule has 1 atom stereocenters. The molecule has 1 aromatic carbocycles. The van der Waals surface area contributed by atoms with Crippen LogP contribution in [0.1, 0.15) is 30.6 Å². The fourth-order valence-corrected chi connectivity index (χ4v) is 3.11. The Balaban J connectivity index is 2.24. The van der Waals surface area contributed by atoms with Crippen molar-refractivity contribution in [2.75, 3.05) is 6.54 Å². The number of alkyl halides is 3. The number of benzene rings is 1. The van der Waals surface area contributed by atoms with E-state index in [1.54, 1.807) is 12.1 Å². The lowest BCUT2D eigenvalue weighted by Gasteiger charge is -2.30. The molecule has 21 heavy (non-hydrogen) atoms. The number of hydrogen-bond donors (Lipinski definition) is 1. The number of nitrogens with one attached hydrogen (secondary N) is 1. The predicted molar refractivity (Wildman–Crippen MR) is 72.8 cm³/mol. The van der Waals surface area contributed by atoms with Crippen LogP contribution in [0.5, 0.6) is 0 Å². The SMILES string of the molecule is CC(=O)N1CCCc2c([nH]c3ccccc23)C1C(F)(F)F. The number of aryl methyl sites for hydroxylation is 1. The molecule has 6 heteroatoms. The van der Waals surface area contributed by atoms with Crippen LogP contribution in [0, 0.1) is 0 Å². The van der Waals surface area contributed by atoms with E-state index in [1.807, 2.05) is 12.1 Å². The van der Waals surface area contributed by atoms with Crippen LogP contribution in [0.25, 0.3) is 10.9 Å². The number of H-pyrrole nitrogens is 1. The number of aromatic amines is 1. The smallest absolute Gasteiger partial charge is 0.356 e. The molecular formula is C15H15F3N2O. The van der Waals surface area contributed by atoms with Crippen molar-refractivity contribution in [1.82, 2.24) is 9.88 Å². The van der Waals surface area contributed by atoms with E-state index in [1.165, 1.54) is 6.92 Å². The zero-order chi connectivity index (χ0) is 15.2. The molecule has 1 aliphatic rings. The summed E-state index contributed by atoms with van der Waals surface area (Å²) < 4.78 is 40.6. The highest BCUT2D eigenvalue weighted by Crippen LogP contribution is 2.42. The molecule has 2 heterocycles. The van der Waals surface area contributed by atoms with Gasteiger partial charge in [0.05, 0.1) is 5.69 Å². The second-order valence-electron chi connectivity index (χ2n) is 5.32. The molecule has 0 saturated heterocycles. The Bertz CT molecular complexity index is 690. The van der Waals surface area contributed by atoms with Gasteiger partial charge >= 0.3 is 6.18 Å². The van der Waals surface area contributed by atoms with Crippen LogP contribution in [0.15, 0.2) is 24.3 Å². The predicted octanol–water partition coefficient (Wildman–Crippen LogP) is 3.57. The lowest BCUT2D eigenvalue weighted by atomic mass is 10.0. The van der Waals surface area contributed by atoms with E-state index in [4.69, 9.17) is 0 Å². The van der Waals surface area contributed by atoms with Gasteiger partial charge in [0, 0.05) is 24.4 Å². The highest BCUT2D eigenvalue weighted by Gasteiger charge is 2.48. The number of rotatable bonds is 0. The minimum Gasteiger partial charge on any atom is -0.356 e. The number of nitrogens with zero attached hydrogens (tertiary/aromatic N) is 1. The van der Waals surface area contributed by atoms with Gasteiger partial charge in [-0.3, -0.25) is 4.79 Å². The first-order valence-electron chi connectivity index (χ1n) is 6.83. The van der Waals surface area contributed by atoms with E-state index < -0.39 is 18.1 Å². The van der Waals surface area contributed by atoms with Crippen molar-refractivity contribution in [3.05, 3.63) is 35.5 Å². The quantitative estimate of drug-likeness (QED) is 0.792. The third-order valence-corrected chi connectivity index (χ3v) is 3.97. The molecule has 1 amide bonds. The van der Waals surface area contributed by atoms with Crippen molar-refractivity contribution in [1.29, 1.82) is 0 Å².